The van der Waals surface area contributed by atoms with Crippen LogP contribution in [0.1, 0.15) is 61.8 Å². The second-order valence-electron chi connectivity index (χ2n) is 9.05. The monoisotopic (exact) mass is 412 g/mol. The highest BCUT2D eigenvalue weighted by Gasteiger charge is 2.49. The standard InChI is InChI=1S/C22H32N6O2/c1-16(2)13-23-21(29)18-15-28(26-25-18)19-7-8-22(19)9-11-27(12-10-22)14-17-5-4-6-20(24-17)30-3/h4-6,15-16,19H,7-14H2,1-3H3,(H,23,29). The fraction of sp³-hybridized carbons (Fsp3) is 0.636. The average Bonchev–Trinajstić information content (AvgIpc) is 3.21. The second kappa shape index (κ2) is 8.71. The molecule has 8 heteroatoms. The molecule has 1 saturated carbocycles. The molecule has 1 spiro atoms. The van der Waals surface area contributed by atoms with Crippen molar-refractivity contribution in [2.45, 2.75) is 52.1 Å². The maximum atomic E-state index is 12.3. The zero-order valence-electron chi connectivity index (χ0n) is 18.2. The Morgan fingerprint density at radius 1 is 1.30 bits per heavy atom. The van der Waals surface area contributed by atoms with Gasteiger partial charge in [0.2, 0.25) is 5.88 Å². The summed E-state index contributed by atoms with van der Waals surface area (Å²) in [5.41, 5.74) is 1.74. The number of rotatable bonds is 7. The van der Waals surface area contributed by atoms with E-state index >= 15 is 0 Å². The first-order chi connectivity index (χ1) is 14.5. The van der Waals surface area contributed by atoms with Gasteiger partial charge in [-0.2, -0.15) is 0 Å². The number of likely N-dealkylation sites (tertiary alicyclic amines) is 1. The third-order valence-corrected chi connectivity index (χ3v) is 6.58. The van der Waals surface area contributed by atoms with E-state index in [-0.39, 0.29) is 11.3 Å². The molecule has 1 saturated heterocycles. The number of ether oxygens (including phenoxy) is 1. The van der Waals surface area contributed by atoms with E-state index in [2.05, 4.69) is 45.4 Å². The van der Waals surface area contributed by atoms with E-state index in [4.69, 9.17) is 4.74 Å². The molecule has 4 rings (SSSR count). The molecular formula is C22H32N6O2. The molecule has 3 heterocycles. The van der Waals surface area contributed by atoms with Crippen LogP contribution in [0.25, 0.3) is 0 Å². The zero-order valence-corrected chi connectivity index (χ0v) is 18.2. The SMILES string of the molecule is COc1cccc(CN2CCC3(CCC3n3cc(C(=O)NCC(C)C)nn3)CC2)n1. The van der Waals surface area contributed by atoms with E-state index in [1.165, 1.54) is 6.42 Å². The zero-order chi connectivity index (χ0) is 21.1. The summed E-state index contributed by atoms with van der Waals surface area (Å²) in [6.07, 6.45) is 6.42. The highest BCUT2D eigenvalue weighted by molar-refractivity contribution is 5.91. The first-order valence-corrected chi connectivity index (χ1v) is 10.9. The largest absolute Gasteiger partial charge is 0.481 e. The molecule has 1 amide bonds. The van der Waals surface area contributed by atoms with E-state index < -0.39 is 0 Å². The molecule has 1 atom stereocenters. The van der Waals surface area contributed by atoms with Gasteiger partial charge in [-0.25, -0.2) is 9.67 Å². The Kier molecular flexibility index (Phi) is 6.04. The van der Waals surface area contributed by atoms with Crippen LogP contribution in [-0.4, -0.2) is 57.5 Å². The lowest BCUT2D eigenvalue weighted by Crippen LogP contribution is -2.49. The van der Waals surface area contributed by atoms with Crippen LogP contribution >= 0.6 is 0 Å². The summed E-state index contributed by atoms with van der Waals surface area (Å²) >= 11 is 0. The lowest BCUT2D eigenvalue weighted by molar-refractivity contribution is -0.0336. The molecule has 1 aliphatic carbocycles. The van der Waals surface area contributed by atoms with Gasteiger partial charge in [0.05, 0.1) is 25.0 Å². The number of amides is 1. The van der Waals surface area contributed by atoms with E-state index in [1.807, 2.05) is 23.0 Å². The third kappa shape index (κ3) is 4.33. The number of aromatic nitrogens is 4. The molecule has 1 unspecified atom stereocenters. The molecule has 0 aromatic carbocycles. The summed E-state index contributed by atoms with van der Waals surface area (Å²) in [4.78, 5) is 19.3. The molecule has 2 aromatic heterocycles. The van der Waals surface area contributed by atoms with Crippen molar-refractivity contribution in [3.8, 4) is 5.88 Å². The number of methoxy groups -OCH3 is 1. The summed E-state index contributed by atoms with van der Waals surface area (Å²) in [6.45, 7) is 7.74. The van der Waals surface area contributed by atoms with Crippen LogP contribution in [0.4, 0.5) is 0 Å². The number of hydrogen-bond donors (Lipinski definition) is 1. The van der Waals surface area contributed by atoms with Crippen LogP contribution in [0.3, 0.4) is 0 Å². The molecular weight excluding hydrogens is 380 g/mol. The highest BCUT2D eigenvalue weighted by atomic mass is 16.5. The minimum absolute atomic E-state index is 0.135. The fourth-order valence-electron chi connectivity index (χ4n) is 4.64. The normalized spacial score (nSPS) is 20.9. The predicted octanol–water partition coefficient (Wildman–Crippen LogP) is 2.68. The molecule has 1 aliphatic heterocycles. The van der Waals surface area contributed by atoms with E-state index in [0.717, 1.165) is 44.6 Å². The van der Waals surface area contributed by atoms with Gasteiger partial charge in [-0.05, 0) is 56.2 Å². The molecule has 162 valence electrons. The van der Waals surface area contributed by atoms with Crippen molar-refractivity contribution in [2.24, 2.45) is 11.3 Å². The molecule has 2 fully saturated rings. The number of carbonyl (C=O) groups excluding carboxylic acids is 1. The van der Waals surface area contributed by atoms with Gasteiger partial charge in [-0.1, -0.05) is 25.1 Å². The minimum Gasteiger partial charge on any atom is -0.481 e. The van der Waals surface area contributed by atoms with E-state index in [1.54, 1.807) is 7.11 Å². The summed E-state index contributed by atoms with van der Waals surface area (Å²) in [6, 6.07) is 6.27. The van der Waals surface area contributed by atoms with Gasteiger partial charge in [0, 0.05) is 19.2 Å². The van der Waals surface area contributed by atoms with Gasteiger partial charge in [0.15, 0.2) is 5.69 Å². The molecule has 1 N–H and O–H groups in total. The lowest BCUT2D eigenvalue weighted by atomic mass is 9.59. The van der Waals surface area contributed by atoms with Crippen molar-refractivity contribution < 1.29 is 9.53 Å². The van der Waals surface area contributed by atoms with Crippen LogP contribution in [-0.2, 0) is 6.54 Å². The van der Waals surface area contributed by atoms with Gasteiger partial charge in [-0.3, -0.25) is 9.69 Å². The first-order valence-electron chi connectivity index (χ1n) is 10.9. The van der Waals surface area contributed by atoms with Crippen molar-refractivity contribution in [2.75, 3.05) is 26.7 Å². The number of hydrogen-bond acceptors (Lipinski definition) is 6. The summed E-state index contributed by atoms with van der Waals surface area (Å²) in [5.74, 6) is 0.944. The van der Waals surface area contributed by atoms with Crippen molar-refractivity contribution in [1.82, 2.24) is 30.2 Å². The lowest BCUT2D eigenvalue weighted by Gasteiger charge is -2.53. The van der Waals surface area contributed by atoms with Gasteiger partial charge >= 0.3 is 0 Å². The second-order valence-corrected chi connectivity index (χ2v) is 9.05. The Labute approximate surface area is 178 Å². The number of carbonyl (C=O) groups is 1. The van der Waals surface area contributed by atoms with Gasteiger partial charge in [0.1, 0.15) is 0 Å². The van der Waals surface area contributed by atoms with Crippen molar-refractivity contribution in [1.29, 1.82) is 0 Å². The number of pyridine rings is 1. The number of nitrogens with zero attached hydrogens (tertiary/aromatic N) is 5. The van der Waals surface area contributed by atoms with E-state index in [9.17, 15) is 4.79 Å². The van der Waals surface area contributed by atoms with Gasteiger partial charge in [0.25, 0.3) is 5.91 Å². The Morgan fingerprint density at radius 3 is 2.77 bits per heavy atom. The summed E-state index contributed by atoms with van der Waals surface area (Å²) in [5, 5.41) is 11.4. The molecule has 0 bridgehead atoms. The van der Waals surface area contributed by atoms with Crippen LogP contribution in [0, 0.1) is 11.3 Å². The molecule has 30 heavy (non-hydrogen) atoms. The molecule has 2 aromatic rings. The third-order valence-electron chi connectivity index (χ3n) is 6.58. The van der Waals surface area contributed by atoms with Crippen LogP contribution in [0.5, 0.6) is 5.88 Å². The smallest absolute Gasteiger partial charge is 0.273 e. The average molecular weight is 413 g/mol. The van der Waals surface area contributed by atoms with Crippen molar-refractivity contribution in [3.63, 3.8) is 0 Å². The summed E-state index contributed by atoms with van der Waals surface area (Å²) in [7, 11) is 1.65. The molecule has 8 nitrogen and oxygen atoms in total. The maximum absolute atomic E-state index is 12.3. The molecule has 0 radical (unpaired) electrons. The van der Waals surface area contributed by atoms with Crippen molar-refractivity contribution >= 4 is 5.91 Å². The van der Waals surface area contributed by atoms with E-state index in [0.29, 0.717) is 30.1 Å². The van der Waals surface area contributed by atoms with Crippen molar-refractivity contribution in [3.05, 3.63) is 35.8 Å². The topological polar surface area (TPSA) is 85.2 Å². The predicted molar refractivity (Wildman–Crippen MR) is 113 cm³/mol. The first kappa shape index (κ1) is 20.8. The Balaban J connectivity index is 1.34. The quantitative estimate of drug-likeness (QED) is 0.753. The van der Waals surface area contributed by atoms with Crippen LogP contribution in [0.15, 0.2) is 24.4 Å². The highest BCUT2D eigenvalue weighted by Crippen LogP contribution is 2.56. The van der Waals surface area contributed by atoms with Gasteiger partial charge in [-0.15, -0.1) is 5.10 Å². The van der Waals surface area contributed by atoms with Gasteiger partial charge < -0.3 is 10.1 Å². The Hall–Kier alpha value is -2.48. The Morgan fingerprint density at radius 2 is 2.10 bits per heavy atom. The summed E-state index contributed by atoms with van der Waals surface area (Å²) < 4.78 is 7.18. The van der Waals surface area contributed by atoms with Crippen LogP contribution in [0.2, 0.25) is 0 Å². The minimum atomic E-state index is -0.135. The molecule has 2 aliphatic rings. The number of nitrogens with one attached hydrogen (secondary N) is 1. The fourth-order valence-corrected chi connectivity index (χ4v) is 4.64. The number of piperidine rings is 1. The maximum Gasteiger partial charge on any atom is 0.273 e. The van der Waals surface area contributed by atoms with Crippen LogP contribution < -0.4 is 10.1 Å². The Bertz CT molecular complexity index is 872.